The number of aliphatic hydroxyl groups excluding tert-OH is 2. The van der Waals surface area contributed by atoms with Gasteiger partial charge in [-0.15, -0.1) is 11.6 Å². The van der Waals surface area contributed by atoms with Crippen LogP contribution in [0.4, 0.5) is 0 Å². The lowest BCUT2D eigenvalue weighted by Gasteiger charge is -2.16. The molecule has 19 heavy (non-hydrogen) atoms. The Balaban J connectivity index is 2.37. The van der Waals surface area contributed by atoms with E-state index in [2.05, 4.69) is 5.10 Å². The van der Waals surface area contributed by atoms with Crippen LogP contribution in [-0.2, 0) is 0 Å². The van der Waals surface area contributed by atoms with Gasteiger partial charge in [-0.25, -0.2) is 4.68 Å². The second-order valence-corrected chi connectivity index (χ2v) is 4.91. The van der Waals surface area contributed by atoms with Crippen LogP contribution in [0, 0.1) is 13.8 Å². The molecule has 0 spiro atoms. The molecule has 1 heterocycles. The lowest BCUT2D eigenvalue weighted by molar-refractivity contribution is 0.0327. The monoisotopic (exact) mass is 280 g/mol. The fourth-order valence-corrected chi connectivity index (χ4v) is 2.21. The Bertz CT molecular complexity index is 568. The van der Waals surface area contributed by atoms with Gasteiger partial charge < -0.3 is 10.2 Å². The first-order valence-corrected chi connectivity index (χ1v) is 6.62. The van der Waals surface area contributed by atoms with Crippen LogP contribution in [-0.4, -0.2) is 32.0 Å². The third-order valence-corrected chi connectivity index (χ3v) is 3.30. The van der Waals surface area contributed by atoms with Gasteiger partial charge in [0, 0.05) is 5.69 Å². The van der Waals surface area contributed by atoms with E-state index < -0.39 is 12.2 Å². The van der Waals surface area contributed by atoms with E-state index in [4.69, 9.17) is 11.6 Å². The van der Waals surface area contributed by atoms with Crippen LogP contribution >= 0.6 is 11.6 Å². The largest absolute Gasteiger partial charge is 0.389 e. The van der Waals surface area contributed by atoms with E-state index in [1.807, 2.05) is 32.0 Å². The van der Waals surface area contributed by atoms with E-state index in [-0.39, 0.29) is 5.88 Å². The predicted octanol–water partition coefficient (Wildman–Crippen LogP) is 2.12. The fraction of sp³-hybridized carbons (Fsp3) is 0.357. The molecule has 0 amide bonds. The zero-order valence-corrected chi connectivity index (χ0v) is 11.7. The summed E-state index contributed by atoms with van der Waals surface area (Å²) in [5.41, 5.74) is 3.42. The van der Waals surface area contributed by atoms with E-state index >= 15 is 0 Å². The number of aryl methyl sites for hydroxylation is 2. The topological polar surface area (TPSA) is 58.3 Å². The minimum absolute atomic E-state index is 0.00863. The summed E-state index contributed by atoms with van der Waals surface area (Å²) in [5.74, 6) is -0.00863. The first-order chi connectivity index (χ1) is 9.02. The van der Waals surface area contributed by atoms with E-state index in [1.54, 1.807) is 16.8 Å². The minimum atomic E-state index is -0.991. The molecule has 2 aromatic rings. The highest BCUT2D eigenvalue weighted by atomic mass is 35.5. The van der Waals surface area contributed by atoms with Crippen molar-refractivity contribution in [1.29, 1.82) is 0 Å². The maximum atomic E-state index is 9.97. The van der Waals surface area contributed by atoms with Crippen molar-refractivity contribution in [3.63, 3.8) is 0 Å². The van der Waals surface area contributed by atoms with Gasteiger partial charge in [0.25, 0.3) is 0 Å². The molecule has 102 valence electrons. The number of aliphatic hydroxyl groups is 2. The van der Waals surface area contributed by atoms with E-state index in [0.29, 0.717) is 5.56 Å². The molecule has 4 nitrogen and oxygen atoms in total. The maximum Gasteiger partial charge on any atom is 0.106 e. The van der Waals surface area contributed by atoms with Crippen LogP contribution in [0.2, 0.25) is 0 Å². The standard InChI is InChI=1S/C14H17ClN2O2/c1-9-6-10(2)17(16-9)12-5-3-4-11(7-12)14(19)13(18)8-15/h3-7,13-14,18-19H,8H2,1-2H3. The molecule has 2 rings (SSSR count). The quantitative estimate of drug-likeness (QED) is 0.844. The van der Waals surface area contributed by atoms with Crippen molar-refractivity contribution in [2.24, 2.45) is 0 Å². The van der Waals surface area contributed by atoms with Gasteiger partial charge in [0.1, 0.15) is 6.10 Å². The zero-order valence-electron chi connectivity index (χ0n) is 10.9. The number of hydrogen-bond donors (Lipinski definition) is 2. The van der Waals surface area contributed by atoms with Gasteiger partial charge in [-0.05, 0) is 37.6 Å². The summed E-state index contributed by atoms with van der Waals surface area (Å²) in [6.07, 6.45) is -1.97. The number of halogens is 1. The molecule has 0 saturated heterocycles. The third kappa shape index (κ3) is 2.97. The highest BCUT2D eigenvalue weighted by Gasteiger charge is 2.18. The highest BCUT2D eigenvalue weighted by Crippen LogP contribution is 2.21. The van der Waals surface area contributed by atoms with Gasteiger partial charge in [0.2, 0.25) is 0 Å². The van der Waals surface area contributed by atoms with Crippen molar-refractivity contribution in [2.75, 3.05) is 5.88 Å². The maximum absolute atomic E-state index is 9.97. The number of alkyl halides is 1. The number of benzene rings is 1. The third-order valence-electron chi connectivity index (χ3n) is 2.99. The van der Waals surface area contributed by atoms with Gasteiger partial charge in [0.05, 0.1) is 23.4 Å². The Kier molecular flexibility index (Phi) is 4.24. The summed E-state index contributed by atoms with van der Waals surface area (Å²) < 4.78 is 1.80. The lowest BCUT2D eigenvalue weighted by Crippen LogP contribution is -2.19. The van der Waals surface area contributed by atoms with Crippen molar-refractivity contribution in [3.8, 4) is 5.69 Å². The molecule has 0 aliphatic rings. The molecular formula is C14H17ClN2O2. The first kappa shape index (κ1) is 14.1. The average Bonchev–Trinajstić information content (AvgIpc) is 2.76. The molecule has 2 atom stereocenters. The summed E-state index contributed by atoms with van der Waals surface area (Å²) in [6, 6.07) is 9.28. The van der Waals surface area contributed by atoms with Gasteiger partial charge in [-0.2, -0.15) is 5.10 Å². The summed E-state index contributed by atoms with van der Waals surface area (Å²) in [7, 11) is 0. The van der Waals surface area contributed by atoms with E-state index in [0.717, 1.165) is 17.1 Å². The molecular weight excluding hydrogens is 264 g/mol. The van der Waals surface area contributed by atoms with E-state index in [1.165, 1.54) is 0 Å². The Morgan fingerprint density at radius 3 is 2.58 bits per heavy atom. The summed E-state index contributed by atoms with van der Waals surface area (Å²) in [4.78, 5) is 0. The van der Waals surface area contributed by atoms with Crippen molar-refractivity contribution < 1.29 is 10.2 Å². The van der Waals surface area contributed by atoms with Gasteiger partial charge in [0.15, 0.2) is 0 Å². The fourth-order valence-electron chi connectivity index (χ4n) is 2.04. The van der Waals surface area contributed by atoms with Crippen LogP contribution in [0.3, 0.4) is 0 Å². The second kappa shape index (κ2) is 5.74. The molecule has 1 aromatic carbocycles. The molecule has 2 unspecified atom stereocenters. The Morgan fingerprint density at radius 2 is 2.00 bits per heavy atom. The average molecular weight is 281 g/mol. The van der Waals surface area contributed by atoms with Crippen molar-refractivity contribution in [3.05, 3.63) is 47.3 Å². The number of rotatable bonds is 4. The molecule has 1 aromatic heterocycles. The minimum Gasteiger partial charge on any atom is -0.389 e. The molecule has 0 saturated carbocycles. The summed E-state index contributed by atoms with van der Waals surface area (Å²) in [5, 5.41) is 24.0. The normalized spacial score (nSPS) is 14.4. The zero-order chi connectivity index (χ0) is 14.0. The number of hydrogen-bond acceptors (Lipinski definition) is 3. The Hall–Kier alpha value is -1.36. The summed E-state index contributed by atoms with van der Waals surface area (Å²) in [6.45, 7) is 3.90. The van der Waals surface area contributed by atoms with Gasteiger partial charge in [-0.1, -0.05) is 12.1 Å². The van der Waals surface area contributed by atoms with Crippen LogP contribution in [0.1, 0.15) is 23.1 Å². The van der Waals surface area contributed by atoms with Crippen molar-refractivity contribution in [1.82, 2.24) is 9.78 Å². The van der Waals surface area contributed by atoms with Crippen molar-refractivity contribution >= 4 is 11.6 Å². The molecule has 0 aliphatic carbocycles. The SMILES string of the molecule is Cc1cc(C)n(-c2cccc(C(O)C(O)CCl)c2)n1. The highest BCUT2D eigenvalue weighted by molar-refractivity contribution is 6.18. The Labute approximate surface area is 117 Å². The van der Waals surface area contributed by atoms with Crippen LogP contribution in [0.5, 0.6) is 0 Å². The lowest BCUT2D eigenvalue weighted by atomic mass is 10.0. The molecule has 2 N–H and O–H groups in total. The number of aromatic nitrogens is 2. The molecule has 0 radical (unpaired) electrons. The van der Waals surface area contributed by atoms with Gasteiger partial charge in [-0.3, -0.25) is 0 Å². The summed E-state index contributed by atoms with van der Waals surface area (Å²) >= 11 is 5.55. The first-order valence-electron chi connectivity index (χ1n) is 6.08. The molecule has 0 aliphatic heterocycles. The Morgan fingerprint density at radius 1 is 1.26 bits per heavy atom. The molecule has 5 heteroatoms. The predicted molar refractivity (Wildman–Crippen MR) is 74.7 cm³/mol. The van der Waals surface area contributed by atoms with Gasteiger partial charge >= 0.3 is 0 Å². The second-order valence-electron chi connectivity index (χ2n) is 4.60. The van der Waals surface area contributed by atoms with Crippen LogP contribution in [0.15, 0.2) is 30.3 Å². The molecule has 0 bridgehead atoms. The smallest absolute Gasteiger partial charge is 0.106 e. The van der Waals surface area contributed by atoms with E-state index in [9.17, 15) is 10.2 Å². The van der Waals surface area contributed by atoms with Crippen molar-refractivity contribution in [2.45, 2.75) is 26.1 Å². The molecule has 0 fully saturated rings. The number of nitrogens with zero attached hydrogens (tertiary/aromatic N) is 2. The van der Waals surface area contributed by atoms with Crippen LogP contribution in [0.25, 0.3) is 5.69 Å². The van der Waals surface area contributed by atoms with Crippen LogP contribution < -0.4 is 0 Å².